The predicted molar refractivity (Wildman–Crippen MR) is 66.3 cm³/mol. The Morgan fingerprint density at radius 1 is 1.47 bits per heavy atom. The molecule has 7 nitrogen and oxygen atoms in total. The third kappa shape index (κ3) is 4.29. The van der Waals surface area contributed by atoms with Crippen molar-refractivity contribution in [3.8, 4) is 0 Å². The molecule has 0 aromatic carbocycles. The maximum Gasteiger partial charge on any atom is 0.328 e. The molecule has 1 saturated heterocycles. The fourth-order valence-electron chi connectivity index (χ4n) is 1.99. The van der Waals surface area contributed by atoms with Crippen LogP contribution in [-0.4, -0.2) is 55.1 Å². The van der Waals surface area contributed by atoms with Gasteiger partial charge in [-0.2, -0.15) is 0 Å². The zero-order valence-electron chi connectivity index (χ0n) is 11.0. The van der Waals surface area contributed by atoms with Crippen molar-refractivity contribution in [2.45, 2.75) is 37.3 Å². The van der Waals surface area contributed by atoms with Gasteiger partial charge in [-0.1, -0.05) is 0 Å². The summed E-state index contributed by atoms with van der Waals surface area (Å²) in [6.45, 7) is 1.09. The first kappa shape index (κ1) is 15.6. The molecule has 3 N–H and O–H groups in total. The minimum Gasteiger partial charge on any atom is -0.467 e. The smallest absolute Gasteiger partial charge is 0.328 e. The van der Waals surface area contributed by atoms with Gasteiger partial charge in [0, 0.05) is 6.42 Å². The first-order valence-electron chi connectivity index (χ1n) is 6.29. The van der Waals surface area contributed by atoms with Gasteiger partial charge in [0.15, 0.2) is 0 Å². The van der Waals surface area contributed by atoms with Crippen LogP contribution in [0.1, 0.15) is 25.7 Å². The van der Waals surface area contributed by atoms with Crippen LogP contribution in [0.25, 0.3) is 0 Å². The zero-order valence-corrected chi connectivity index (χ0v) is 11.0. The van der Waals surface area contributed by atoms with E-state index in [-0.39, 0.29) is 12.8 Å². The summed E-state index contributed by atoms with van der Waals surface area (Å²) in [5.41, 5.74) is -1.46. The van der Waals surface area contributed by atoms with Gasteiger partial charge in [-0.3, -0.25) is 4.79 Å². The summed E-state index contributed by atoms with van der Waals surface area (Å²) in [5.74, 6) is -1.21. The molecule has 19 heavy (non-hydrogen) atoms. The number of esters is 1. The highest BCUT2D eigenvalue weighted by Crippen LogP contribution is 2.18. The molecule has 0 aromatic heterocycles. The molecule has 1 fully saturated rings. The Kier molecular flexibility index (Phi) is 5.91. The van der Waals surface area contributed by atoms with E-state index in [4.69, 9.17) is 0 Å². The predicted octanol–water partition coefficient (Wildman–Crippen LogP) is -1.26. The largest absolute Gasteiger partial charge is 0.467 e. The van der Waals surface area contributed by atoms with E-state index >= 15 is 0 Å². The van der Waals surface area contributed by atoms with Crippen molar-refractivity contribution in [3.05, 3.63) is 0 Å². The van der Waals surface area contributed by atoms with Crippen LogP contribution in [0.3, 0.4) is 0 Å². The van der Waals surface area contributed by atoms with E-state index in [1.165, 1.54) is 7.11 Å². The van der Waals surface area contributed by atoms with Gasteiger partial charge in [0.1, 0.15) is 17.9 Å². The van der Waals surface area contributed by atoms with E-state index < -0.39 is 23.5 Å². The van der Waals surface area contributed by atoms with Crippen molar-refractivity contribution in [1.82, 2.24) is 10.6 Å². The highest BCUT2D eigenvalue weighted by atomic mass is 16.5. The van der Waals surface area contributed by atoms with E-state index in [9.17, 15) is 19.5 Å². The second kappa shape index (κ2) is 7.20. The summed E-state index contributed by atoms with van der Waals surface area (Å²) < 4.78 is 4.57. The van der Waals surface area contributed by atoms with Crippen molar-refractivity contribution in [2.24, 2.45) is 0 Å². The maximum atomic E-state index is 12.0. The number of nitrogens with one attached hydrogen (secondary N) is 2. The third-order valence-corrected chi connectivity index (χ3v) is 3.22. The van der Waals surface area contributed by atoms with Gasteiger partial charge in [0.2, 0.25) is 0 Å². The molecule has 0 saturated carbocycles. The summed E-state index contributed by atoms with van der Waals surface area (Å²) in [6.07, 6.45) is 1.55. The number of aldehydes is 1. The average Bonchev–Trinajstić information content (AvgIpc) is 2.43. The van der Waals surface area contributed by atoms with Crippen molar-refractivity contribution in [2.75, 3.05) is 20.2 Å². The number of rotatable bonds is 6. The summed E-state index contributed by atoms with van der Waals surface area (Å²) >= 11 is 0. The molecule has 1 amide bonds. The van der Waals surface area contributed by atoms with E-state index in [1.54, 1.807) is 0 Å². The molecule has 0 radical (unpaired) electrons. The van der Waals surface area contributed by atoms with Crippen molar-refractivity contribution < 1.29 is 24.2 Å². The fraction of sp³-hybridized carbons (Fsp3) is 0.750. The Morgan fingerprint density at radius 3 is 2.63 bits per heavy atom. The van der Waals surface area contributed by atoms with Crippen LogP contribution in [0, 0.1) is 0 Å². The second-order valence-corrected chi connectivity index (χ2v) is 4.57. The lowest BCUT2D eigenvalue weighted by Crippen LogP contribution is -2.56. The van der Waals surface area contributed by atoms with Crippen molar-refractivity contribution in [1.29, 1.82) is 0 Å². The van der Waals surface area contributed by atoms with Crippen LogP contribution in [0.15, 0.2) is 0 Å². The van der Waals surface area contributed by atoms with Gasteiger partial charge in [-0.05, 0) is 32.4 Å². The lowest BCUT2D eigenvalue weighted by Gasteiger charge is -2.32. The van der Waals surface area contributed by atoms with Gasteiger partial charge >= 0.3 is 5.97 Å². The maximum absolute atomic E-state index is 12.0. The number of hydrogen-bond donors (Lipinski definition) is 3. The molecule has 1 atom stereocenters. The summed E-state index contributed by atoms with van der Waals surface area (Å²) in [7, 11) is 1.21. The fourth-order valence-corrected chi connectivity index (χ4v) is 1.99. The van der Waals surface area contributed by atoms with Gasteiger partial charge in [-0.25, -0.2) is 4.79 Å². The van der Waals surface area contributed by atoms with Gasteiger partial charge in [0.25, 0.3) is 5.91 Å². The molecule has 1 aliphatic rings. The lowest BCUT2D eigenvalue weighted by molar-refractivity contribution is -0.150. The van der Waals surface area contributed by atoms with Crippen LogP contribution in [-0.2, 0) is 19.1 Å². The minimum atomic E-state index is -1.46. The Balaban J connectivity index is 2.63. The Labute approximate surface area is 111 Å². The highest BCUT2D eigenvalue weighted by molar-refractivity contribution is 5.89. The normalized spacial score (nSPS) is 19.3. The van der Waals surface area contributed by atoms with Crippen LogP contribution in [0.2, 0.25) is 0 Å². The third-order valence-electron chi connectivity index (χ3n) is 3.22. The number of carbonyl (C=O) groups excluding carboxylic acids is 3. The second-order valence-electron chi connectivity index (χ2n) is 4.57. The molecule has 0 spiro atoms. The van der Waals surface area contributed by atoms with Crippen LogP contribution < -0.4 is 10.6 Å². The first-order valence-corrected chi connectivity index (χ1v) is 6.29. The van der Waals surface area contributed by atoms with Crippen LogP contribution in [0.5, 0.6) is 0 Å². The molecule has 0 unspecified atom stereocenters. The number of hydrogen-bond acceptors (Lipinski definition) is 6. The molecule has 0 bridgehead atoms. The molecule has 7 heteroatoms. The van der Waals surface area contributed by atoms with Gasteiger partial charge < -0.3 is 25.3 Å². The molecule has 0 aromatic rings. The van der Waals surface area contributed by atoms with Gasteiger partial charge in [-0.15, -0.1) is 0 Å². The Hall–Kier alpha value is -1.47. The van der Waals surface area contributed by atoms with Crippen LogP contribution >= 0.6 is 0 Å². The van der Waals surface area contributed by atoms with E-state index in [2.05, 4.69) is 15.4 Å². The quantitative estimate of drug-likeness (QED) is 0.412. The number of carbonyl (C=O) groups is 3. The van der Waals surface area contributed by atoms with Crippen molar-refractivity contribution in [3.63, 3.8) is 0 Å². The summed E-state index contributed by atoms with van der Waals surface area (Å²) in [6, 6.07) is -0.901. The number of aliphatic hydroxyl groups is 1. The number of amides is 1. The summed E-state index contributed by atoms with van der Waals surface area (Å²) in [5, 5.41) is 15.7. The lowest BCUT2D eigenvalue weighted by atomic mass is 9.91. The topological polar surface area (TPSA) is 105 Å². The molecular weight excluding hydrogens is 252 g/mol. The monoisotopic (exact) mass is 272 g/mol. The number of piperidine rings is 1. The number of ether oxygens (including phenoxy) is 1. The number of methoxy groups -OCH3 is 1. The molecular formula is C12H20N2O5. The highest BCUT2D eigenvalue weighted by Gasteiger charge is 2.38. The van der Waals surface area contributed by atoms with E-state index in [0.29, 0.717) is 32.2 Å². The standard InChI is InChI=1S/C12H20N2O5/c1-19-10(16)9(3-2-8-15)14-11(17)12(18)4-6-13-7-5-12/h8-9,13,18H,2-7H2,1H3,(H,14,17)/t9-/m0/s1. The van der Waals surface area contributed by atoms with E-state index in [0.717, 1.165) is 0 Å². The van der Waals surface area contributed by atoms with Crippen LogP contribution in [0.4, 0.5) is 0 Å². The molecule has 0 aliphatic carbocycles. The minimum absolute atomic E-state index is 0.139. The van der Waals surface area contributed by atoms with Crippen molar-refractivity contribution >= 4 is 18.2 Å². The Bertz CT molecular complexity index is 339. The van der Waals surface area contributed by atoms with Gasteiger partial charge in [0.05, 0.1) is 7.11 Å². The molecule has 1 aliphatic heterocycles. The average molecular weight is 272 g/mol. The summed E-state index contributed by atoms with van der Waals surface area (Å²) in [4.78, 5) is 33.9. The zero-order chi connectivity index (χ0) is 14.3. The molecule has 108 valence electrons. The van der Waals surface area contributed by atoms with E-state index in [1.807, 2.05) is 0 Å². The first-order chi connectivity index (χ1) is 9.03. The molecule has 1 heterocycles. The SMILES string of the molecule is COC(=O)[C@H](CCC=O)NC(=O)C1(O)CCNCC1. The Morgan fingerprint density at radius 2 is 2.11 bits per heavy atom. The molecule has 1 rings (SSSR count).